The standard InChI is InChI=1S/C21H15ClFNO4/c1-28-21-15(5-2-6-17(21)23)20(27)16-12-13(22)7-9-18(16)24-11-3-4-14(24)8-10-19(25)26/h2-12H,1H3,(H,25,26)/b10-8+. The van der Waals surface area contributed by atoms with Gasteiger partial charge < -0.3 is 14.4 Å². The molecule has 0 fully saturated rings. The quantitative estimate of drug-likeness (QED) is 0.485. The van der Waals surface area contributed by atoms with Crippen molar-refractivity contribution in [1.29, 1.82) is 0 Å². The summed E-state index contributed by atoms with van der Waals surface area (Å²) in [6, 6.07) is 12.2. The molecule has 0 bridgehead atoms. The number of benzene rings is 2. The topological polar surface area (TPSA) is 68.5 Å². The normalized spacial score (nSPS) is 11.0. The molecule has 0 saturated carbocycles. The van der Waals surface area contributed by atoms with Crippen molar-refractivity contribution in [2.75, 3.05) is 7.11 Å². The first-order valence-corrected chi connectivity index (χ1v) is 8.55. The molecule has 0 unspecified atom stereocenters. The Kier molecular flexibility index (Phi) is 5.61. The van der Waals surface area contributed by atoms with Gasteiger partial charge in [0.25, 0.3) is 0 Å². The van der Waals surface area contributed by atoms with Gasteiger partial charge in [0.15, 0.2) is 17.3 Å². The molecule has 0 atom stereocenters. The van der Waals surface area contributed by atoms with E-state index >= 15 is 0 Å². The van der Waals surface area contributed by atoms with Crippen LogP contribution < -0.4 is 4.74 Å². The molecule has 1 heterocycles. The molecule has 0 aliphatic heterocycles. The number of carbonyl (C=O) groups excluding carboxylic acids is 1. The molecule has 0 aliphatic rings. The second kappa shape index (κ2) is 8.10. The van der Waals surface area contributed by atoms with E-state index in [1.807, 2.05) is 0 Å². The van der Waals surface area contributed by atoms with Crippen LogP contribution in [0.2, 0.25) is 5.02 Å². The van der Waals surface area contributed by atoms with Gasteiger partial charge in [0.05, 0.1) is 18.4 Å². The number of aliphatic carboxylic acids is 1. The smallest absolute Gasteiger partial charge is 0.328 e. The highest BCUT2D eigenvalue weighted by Gasteiger charge is 2.21. The lowest BCUT2D eigenvalue weighted by molar-refractivity contribution is -0.131. The fraction of sp³-hybridized carbons (Fsp3) is 0.0476. The maximum absolute atomic E-state index is 14.0. The zero-order valence-corrected chi connectivity index (χ0v) is 15.5. The predicted octanol–water partition coefficient (Wildman–Crippen LogP) is 4.61. The maximum Gasteiger partial charge on any atom is 0.328 e. The number of carbonyl (C=O) groups is 2. The lowest BCUT2D eigenvalue weighted by Crippen LogP contribution is -2.10. The van der Waals surface area contributed by atoms with Crippen molar-refractivity contribution >= 4 is 29.4 Å². The number of methoxy groups -OCH3 is 1. The summed E-state index contributed by atoms with van der Waals surface area (Å²) in [7, 11) is 1.29. The molecule has 3 aromatic rings. The van der Waals surface area contributed by atoms with Gasteiger partial charge in [0.1, 0.15) is 0 Å². The molecule has 142 valence electrons. The number of para-hydroxylation sites is 1. The number of nitrogens with zero attached hydrogens (tertiary/aromatic N) is 1. The molecule has 0 amide bonds. The van der Waals surface area contributed by atoms with Crippen LogP contribution >= 0.6 is 11.6 Å². The molecular weight excluding hydrogens is 385 g/mol. The van der Waals surface area contributed by atoms with Gasteiger partial charge in [-0.15, -0.1) is 0 Å². The average Bonchev–Trinajstić information content (AvgIpc) is 3.14. The van der Waals surface area contributed by atoms with E-state index in [2.05, 4.69) is 0 Å². The van der Waals surface area contributed by atoms with E-state index in [-0.39, 0.29) is 16.9 Å². The van der Waals surface area contributed by atoms with Crippen molar-refractivity contribution in [2.45, 2.75) is 0 Å². The van der Waals surface area contributed by atoms with Crippen LogP contribution in [0.25, 0.3) is 11.8 Å². The number of carboxylic acids is 1. The summed E-state index contributed by atoms with van der Waals surface area (Å²) in [6.07, 6.45) is 4.09. The third-order valence-corrected chi connectivity index (χ3v) is 4.29. The Balaban J connectivity index is 2.16. The van der Waals surface area contributed by atoms with Crippen LogP contribution in [0.3, 0.4) is 0 Å². The van der Waals surface area contributed by atoms with Crippen molar-refractivity contribution in [3.05, 3.63) is 88.5 Å². The average molecular weight is 400 g/mol. The lowest BCUT2D eigenvalue weighted by atomic mass is 10.00. The van der Waals surface area contributed by atoms with E-state index in [0.717, 1.165) is 6.08 Å². The van der Waals surface area contributed by atoms with Gasteiger partial charge in [-0.3, -0.25) is 4.79 Å². The van der Waals surface area contributed by atoms with Crippen molar-refractivity contribution in [3.63, 3.8) is 0 Å². The van der Waals surface area contributed by atoms with E-state index in [9.17, 15) is 14.0 Å². The first-order chi connectivity index (χ1) is 13.4. The molecule has 5 nitrogen and oxygen atoms in total. The third kappa shape index (κ3) is 3.82. The summed E-state index contributed by atoms with van der Waals surface area (Å²) in [4.78, 5) is 24.0. The largest absolute Gasteiger partial charge is 0.493 e. The summed E-state index contributed by atoms with van der Waals surface area (Å²) in [5.41, 5.74) is 1.29. The monoisotopic (exact) mass is 399 g/mol. The minimum Gasteiger partial charge on any atom is -0.493 e. The van der Waals surface area contributed by atoms with Crippen molar-refractivity contribution < 1.29 is 23.8 Å². The molecule has 0 spiro atoms. The van der Waals surface area contributed by atoms with Crippen molar-refractivity contribution in [2.24, 2.45) is 0 Å². The van der Waals surface area contributed by atoms with Crippen LogP contribution in [0.5, 0.6) is 5.75 Å². The minimum atomic E-state index is -1.09. The van der Waals surface area contributed by atoms with E-state index in [0.29, 0.717) is 16.4 Å². The highest BCUT2D eigenvalue weighted by atomic mass is 35.5. The van der Waals surface area contributed by atoms with Gasteiger partial charge in [0.2, 0.25) is 0 Å². The second-order valence-corrected chi connectivity index (χ2v) is 6.22. The number of rotatable bonds is 6. The van der Waals surface area contributed by atoms with Gasteiger partial charge in [-0.25, -0.2) is 9.18 Å². The van der Waals surface area contributed by atoms with E-state index in [1.165, 1.54) is 37.5 Å². The lowest BCUT2D eigenvalue weighted by Gasteiger charge is -2.14. The number of ketones is 1. The fourth-order valence-electron chi connectivity index (χ4n) is 2.85. The van der Waals surface area contributed by atoms with Crippen LogP contribution in [0.1, 0.15) is 21.6 Å². The number of halogens is 2. The first kappa shape index (κ1) is 19.4. The first-order valence-electron chi connectivity index (χ1n) is 8.18. The Hall–Kier alpha value is -3.38. The third-order valence-electron chi connectivity index (χ3n) is 4.06. The van der Waals surface area contributed by atoms with E-state index in [1.54, 1.807) is 35.0 Å². The number of ether oxygens (including phenoxy) is 1. The Labute approximate surface area is 165 Å². The molecule has 1 aromatic heterocycles. The number of hydrogen-bond donors (Lipinski definition) is 1. The van der Waals surface area contributed by atoms with Gasteiger partial charge in [-0.05, 0) is 48.5 Å². The highest BCUT2D eigenvalue weighted by Crippen LogP contribution is 2.29. The second-order valence-electron chi connectivity index (χ2n) is 5.79. The maximum atomic E-state index is 14.0. The predicted molar refractivity (Wildman–Crippen MR) is 104 cm³/mol. The van der Waals surface area contributed by atoms with Crippen LogP contribution in [-0.4, -0.2) is 28.5 Å². The Morgan fingerprint density at radius 2 is 1.93 bits per heavy atom. The molecule has 7 heteroatoms. The molecule has 0 saturated heterocycles. The SMILES string of the molecule is COc1c(F)cccc1C(=O)c1cc(Cl)ccc1-n1cccc1/C=C/C(=O)O. The molecule has 0 aliphatic carbocycles. The van der Waals surface area contributed by atoms with Gasteiger partial charge in [0, 0.05) is 28.6 Å². The van der Waals surface area contributed by atoms with Crippen LogP contribution in [0, 0.1) is 5.82 Å². The molecule has 28 heavy (non-hydrogen) atoms. The van der Waals surface area contributed by atoms with Crippen LogP contribution in [0.15, 0.2) is 60.8 Å². The fourth-order valence-corrected chi connectivity index (χ4v) is 3.02. The Morgan fingerprint density at radius 1 is 1.14 bits per heavy atom. The summed E-state index contributed by atoms with van der Waals surface area (Å²) in [5.74, 6) is -2.37. The Bertz CT molecular complexity index is 1090. The zero-order valence-electron chi connectivity index (χ0n) is 14.7. The summed E-state index contributed by atoms with van der Waals surface area (Å²) in [5, 5.41) is 9.20. The van der Waals surface area contributed by atoms with Gasteiger partial charge >= 0.3 is 5.97 Å². The molecule has 2 aromatic carbocycles. The minimum absolute atomic E-state index is 0.0563. The van der Waals surface area contributed by atoms with Crippen molar-refractivity contribution in [1.82, 2.24) is 4.57 Å². The number of aromatic nitrogens is 1. The van der Waals surface area contributed by atoms with Crippen molar-refractivity contribution in [3.8, 4) is 11.4 Å². The van der Waals surface area contributed by atoms with Crippen LogP contribution in [-0.2, 0) is 4.79 Å². The molecule has 0 radical (unpaired) electrons. The highest BCUT2D eigenvalue weighted by molar-refractivity contribution is 6.31. The van der Waals surface area contributed by atoms with E-state index < -0.39 is 17.6 Å². The van der Waals surface area contributed by atoms with Crippen LogP contribution in [0.4, 0.5) is 4.39 Å². The number of carboxylic acid groups (broad SMARTS) is 1. The summed E-state index contributed by atoms with van der Waals surface area (Å²) in [6.45, 7) is 0. The van der Waals surface area contributed by atoms with E-state index in [4.69, 9.17) is 21.4 Å². The summed E-state index contributed by atoms with van der Waals surface area (Å²) < 4.78 is 20.8. The molecule has 1 N–H and O–H groups in total. The number of hydrogen-bond acceptors (Lipinski definition) is 3. The van der Waals surface area contributed by atoms with Gasteiger partial charge in [-0.2, -0.15) is 0 Å². The zero-order chi connectivity index (χ0) is 20.3. The molecular formula is C21H15ClFNO4. The summed E-state index contributed by atoms with van der Waals surface area (Å²) >= 11 is 6.10. The Morgan fingerprint density at radius 3 is 2.64 bits per heavy atom. The van der Waals surface area contributed by atoms with Gasteiger partial charge in [-0.1, -0.05) is 17.7 Å². The molecule has 3 rings (SSSR count).